The van der Waals surface area contributed by atoms with Crippen LogP contribution >= 0.6 is 15.8 Å². The minimum absolute atomic E-state index is 0. The van der Waals surface area contributed by atoms with Gasteiger partial charge < -0.3 is 0 Å². The largest absolute Gasteiger partial charge is 0 e. The van der Waals surface area contributed by atoms with Crippen LogP contribution in [0.2, 0.25) is 0 Å². The number of aliphatic imine (C=N–C) groups is 2. The van der Waals surface area contributed by atoms with Gasteiger partial charge in [-0.25, -0.2) is 0 Å². The van der Waals surface area contributed by atoms with E-state index in [-0.39, 0.29) is 17.1 Å². The van der Waals surface area contributed by atoms with E-state index in [1.165, 1.54) is 49.9 Å². The maximum atomic E-state index is 7.50. The van der Waals surface area contributed by atoms with Crippen molar-refractivity contribution in [1.82, 2.24) is 0 Å². The van der Waals surface area contributed by atoms with Crippen LogP contribution in [0.1, 0.15) is 18.1 Å². The fourth-order valence-electron chi connectivity index (χ4n) is 5.49. The molecule has 50 heavy (non-hydrogen) atoms. The molecule has 0 aromatic heterocycles. The fraction of sp³-hybridized carbons (Fsp3) is 0.0698. The van der Waals surface area contributed by atoms with Crippen molar-refractivity contribution in [3.05, 3.63) is 188 Å². The Labute approximate surface area is 309 Å². The summed E-state index contributed by atoms with van der Waals surface area (Å²) in [4.78, 5) is 9.68. The topological polar surface area (TPSA) is 68.4 Å². The molecule has 0 spiro atoms. The normalized spacial score (nSPS) is 10.4. The predicted molar refractivity (Wildman–Crippen MR) is 213 cm³/mol. The summed E-state index contributed by atoms with van der Waals surface area (Å²) in [5.41, 5.74) is 2.36. The summed E-state index contributed by atoms with van der Waals surface area (Å²) >= 11 is 0. The summed E-state index contributed by atoms with van der Waals surface area (Å²) in [6, 6.07) is 62.7. The van der Waals surface area contributed by atoms with Crippen molar-refractivity contribution in [3.8, 4) is 6.07 Å². The molecule has 0 aliphatic carbocycles. The smallest absolute Gasteiger partial charge is 0 e. The fourth-order valence-corrected chi connectivity index (χ4v) is 10.9. The van der Waals surface area contributed by atoms with Gasteiger partial charge in [-0.3, -0.25) is 9.98 Å². The van der Waals surface area contributed by atoms with E-state index in [2.05, 4.69) is 177 Å². The van der Waals surface area contributed by atoms with Crippen molar-refractivity contribution in [1.29, 1.82) is 5.26 Å². The molecule has 0 amide bonds. The Morgan fingerprint density at radius 2 is 0.740 bits per heavy atom. The Balaban J connectivity index is 0.00000107. The second-order valence-electron chi connectivity index (χ2n) is 10.7. The van der Waals surface area contributed by atoms with Gasteiger partial charge in [0.15, 0.2) is 0 Å². The molecule has 0 unspecified atom stereocenters. The van der Waals surface area contributed by atoms with Crippen molar-refractivity contribution < 1.29 is 21.7 Å². The van der Waals surface area contributed by atoms with Gasteiger partial charge in [0, 0.05) is 47.5 Å². The first-order chi connectivity index (χ1) is 24.3. The minimum atomic E-state index is -1.17. The van der Waals surface area contributed by atoms with Crippen LogP contribution < -0.4 is 31.8 Å². The molecule has 0 saturated heterocycles. The van der Waals surface area contributed by atoms with E-state index in [1.54, 1.807) is 6.07 Å². The van der Waals surface area contributed by atoms with E-state index in [0.29, 0.717) is 13.1 Å². The number of hydrogen-bond acceptors (Lipinski definition) is 3. The summed E-state index contributed by atoms with van der Waals surface area (Å²) in [6.07, 6.45) is 4.09. The van der Waals surface area contributed by atoms with Crippen LogP contribution in [0.15, 0.2) is 180 Å². The average Bonchev–Trinajstić information content (AvgIpc) is 3.17. The standard InChI is InChI=1S/C40H34N2P2.C2H3N.CO.Fe/c1-5-19-35(20-6-1)43(36-21-7-2-8-22-36)39-27-15-13-17-33(39)31-41-29-30-42-32-34-18-14-16-28-40(34)44(37-23-9-3-10-24-37)38-25-11-4-12-26-38;1-2-3;1-2;/h1-28,31-32H,29-30H2;1H3;;/p+2. The molecule has 0 aliphatic rings. The van der Waals surface area contributed by atoms with Gasteiger partial charge in [-0.1, -0.05) is 97.1 Å². The minimum Gasteiger partial charge on any atom is 0 e. The van der Waals surface area contributed by atoms with Crippen LogP contribution in [0.3, 0.4) is 0 Å². The first-order valence-electron chi connectivity index (χ1n) is 16.0. The van der Waals surface area contributed by atoms with Crippen LogP contribution in [0, 0.1) is 18.0 Å². The van der Waals surface area contributed by atoms with E-state index in [0.717, 1.165) is 0 Å². The first kappa shape index (κ1) is 39.7. The number of hydrogen-bond donors (Lipinski definition) is 0. The van der Waals surface area contributed by atoms with E-state index >= 15 is 0 Å². The number of nitrogens with zero attached hydrogens (tertiary/aromatic N) is 3. The summed E-state index contributed by atoms with van der Waals surface area (Å²) < 4.78 is 7.50. The predicted octanol–water partition coefficient (Wildman–Crippen LogP) is 6.70. The zero-order chi connectivity index (χ0) is 34.5. The Morgan fingerprint density at radius 1 is 0.500 bits per heavy atom. The van der Waals surface area contributed by atoms with Gasteiger partial charge in [0.1, 0.15) is 31.8 Å². The van der Waals surface area contributed by atoms with Crippen LogP contribution in [0.25, 0.3) is 0 Å². The maximum Gasteiger partial charge on any atom is 0 e. The van der Waals surface area contributed by atoms with Crippen LogP contribution in [-0.4, -0.2) is 25.5 Å². The zero-order valence-corrected chi connectivity index (χ0v) is 30.9. The second kappa shape index (κ2) is 22.8. The molecular formula is C43H39FeN3OP2+2. The maximum absolute atomic E-state index is 7.50. The van der Waals surface area contributed by atoms with Gasteiger partial charge in [-0.15, -0.1) is 0 Å². The van der Waals surface area contributed by atoms with Gasteiger partial charge in [-0.2, -0.15) is 5.26 Å². The second-order valence-corrected chi connectivity index (χ2v) is 15.6. The molecule has 6 rings (SSSR count). The molecule has 0 saturated carbocycles. The average molecular weight is 732 g/mol. The van der Waals surface area contributed by atoms with Gasteiger partial charge in [-0.05, 0) is 72.8 Å². The van der Waals surface area contributed by atoms with Crippen LogP contribution in [0.4, 0.5) is 0 Å². The SMILES string of the molecule is C(=NCCN=Cc1ccccc1[PH+](c1ccccc1)c1ccccc1)c1ccccc1[PH+](c1ccccc1)c1ccccc1.CC#N.[C-]#[O+].[Fe]. The molecule has 6 aromatic carbocycles. The van der Waals surface area contributed by atoms with E-state index in [9.17, 15) is 0 Å². The molecule has 0 atom stereocenters. The van der Waals surface area contributed by atoms with E-state index < -0.39 is 15.8 Å². The summed E-state index contributed by atoms with van der Waals surface area (Å²) in [6.45, 7) is 7.21. The molecule has 248 valence electrons. The molecule has 0 N–H and O–H groups in total. The Hall–Kier alpha value is -4.73. The zero-order valence-electron chi connectivity index (χ0n) is 27.8. The Bertz CT molecular complexity index is 1750. The van der Waals surface area contributed by atoms with Crippen LogP contribution in [0.5, 0.6) is 0 Å². The van der Waals surface area contributed by atoms with Crippen molar-refractivity contribution in [2.75, 3.05) is 13.1 Å². The van der Waals surface area contributed by atoms with Crippen molar-refractivity contribution in [2.24, 2.45) is 9.98 Å². The molecule has 0 heterocycles. The molecule has 4 nitrogen and oxygen atoms in total. The van der Waals surface area contributed by atoms with E-state index in [1.807, 2.05) is 12.4 Å². The quantitative estimate of drug-likeness (QED) is 0.0366. The molecular weight excluding hydrogens is 692 g/mol. The number of benzene rings is 6. The van der Waals surface area contributed by atoms with E-state index in [4.69, 9.17) is 19.9 Å². The van der Waals surface area contributed by atoms with Gasteiger partial charge in [0.2, 0.25) is 0 Å². The molecule has 0 bridgehead atoms. The van der Waals surface area contributed by atoms with Crippen molar-refractivity contribution >= 4 is 60.1 Å². The third-order valence-corrected chi connectivity index (χ3v) is 13.2. The third-order valence-electron chi connectivity index (χ3n) is 7.53. The molecule has 0 radical (unpaired) electrons. The molecule has 0 fully saturated rings. The Kier molecular flexibility index (Phi) is 18.1. The first-order valence-corrected chi connectivity index (χ1v) is 19.0. The van der Waals surface area contributed by atoms with Crippen molar-refractivity contribution in [3.63, 3.8) is 0 Å². The van der Waals surface area contributed by atoms with Gasteiger partial charge in [0.05, 0.1) is 35.0 Å². The summed E-state index contributed by atoms with van der Waals surface area (Å²) in [5, 5.41) is 15.5. The van der Waals surface area contributed by atoms with Crippen molar-refractivity contribution in [2.45, 2.75) is 6.92 Å². The number of rotatable bonds is 11. The van der Waals surface area contributed by atoms with Gasteiger partial charge >= 0.3 is 11.3 Å². The molecule has 6 aromatic rings. The summed E-state index contributed by atoms with van der Waals surface area (Å²) in [7, 11) is -2.33. The van der Waals surface area contributed by atoms with Gasteiger partial charge in [0.25, 0.3) is 0 Å². The monoisotopic (exact) mass is 731 g/mol. The Morgan fingerprint density at radius 3 is 1.02 bits per heavy atom. The third kappa shape index (κ3) is 11.4. The molecule has 7 heteroatoms. The number of nitriles is 1. The molecule has 0 aliphatic heterocycles. The van der Waals surface area contributed by atoms with Crippen LogP contribution in [-0.2, 0) is 21.7 Å². The summed E-state index contributed by atoms with van der Waals surface area (Å²) in [5.74, 6) is 0.